The first-order valence-corrected chi connectivity index (χ1v) is 13.0. The zero-order valence-corrected chi connectivity index (χ0v) is 21.4. The van der Waals surface area contributed by atoms with Gasteiger partial charge in [-0.05, 0) is 95.2 Å². The molecule has 4 heteroatoms. The summed E-state index contributed by atoms with van der Waals surface area (Å²) in [5.74, 6) is 3.86. The third kappa shape index (κ3) is 4.59. The Morgan fingerprint density at radius 2 is 2.00 bits per heavy atom. The zero-order valence-electron chi connectivity index (χ0n) is 18.5. The van der Waals surface area contributed by atoms with Crippen LogP contribution in [0.1, 0.15) is 72.6 Å². The molecule has 2 nitrogen and oxygen atoms in total. The molecule has 0 N–H and O–H groups in total. The Morgan fingerprint density at radius 1 is 1.24 bits per heavy atom. The predicted molar refractivity (Wildman–Crippen MR) is 131 cm³/mol. The van der Waals surface area contributed by atoms with E-state index in [1.54, 1.807) is 16.7 Å². The van der Waals surface area contributed by atoms with Crippen LogP contribution in [0.25, 0.3) is 0 Å². The summed E-state index contributed by atoms with van der Waals surface area (Å²) in [6.07, 6.45) is 14.8. The molecule has 0 radical (unpaired) electrons. The molecule has 29 heavy (non-hydrogen) atoms. The second kappa shape index (κ2) is 10.0. The normalized spacial score (nSPS) is 41.8. The molecule has 7 atom stereocenters. The highest BCUT2D eigenvalue weighted by Crippen LogP contribution is 2.59. The summed E-state index contributed by atoms with van der Waals surface area (Å²) in [6, 6.07) is 0. The minimum Gasteiger partial charge on any atom is -0.365 e. The molecule has 0 bridgehead atoms. The minimum atomic E-state index is 0.285. The van der Waals surface area contributed by atoms with Crippen LogP contribution in [0.2, 0.25) is 0 Å². The molecule has 0 saturated heterocycles. The van der Waals surface area contributed by atoms with Gasteiger partial charge in [-0.1, -0.05) is 68.0 Å². The lowest BCUT2D eigenvalue weighted by atomic mass is 9.61. The van der Waals surface area contributed by atoms with E-state index in [-0.39, 0.29) is 6.10 Å². The number of halogens is 1. The highest BCUT2D eigenvalue weighted by molar-refractivity contribution is 14.1. The Balaban J connectivity index is 0.00000117. The molecule has 0 aromatic heterocycles. The van der Waals surface area contributed by atoms with Crippen LogP contribution in [-0.4, -0.2) is 16.9 Å². The molecular formula is C25H37IO2S. The van der Waals surface area contributed by atoms with E-state index in [9.17, 15) is 0 Å². The summed E-state index contributed by atoms with van der Waals surface area (Å²) < 4.78 is 16.4. The van der Waals surface area contributed by atoms with Gasteiger partial charge in [-0.2, -0.15) is 4.21 Å². The molecule has 1 heterocycles. The number of hydrogen-bond acceptors (Lipinski definition) is 3. The summed E-state index contributed by atoms with van der Waals surface area (Å²) in [5, 5.41) is 0. The Hall–Kier alpha value is -0.0700. The first-order valence-electron chi connectivity index (χ1n) is 11.4. The van der Waals surface area contributed by atoms with Gasteiger partial charge in [0.05, 0.1) is 12.7 Å². The lowest BCUT2D eigenvalue weighted by Gasteiger charge is -2.44. The third-order valence-corrected chi connectivity index (χ3v) is 8.92. The maximum Gasteiger partial charge on any atom is 0.197 e. The molecule has 1 unspecified atom stereocenters. The van der Waals surface area contributed by atoms with Crippen LogP contribution in [-0.2, 0) is 17.3 Å². The Morgan fingerprint density at radius 3 is 2.72 bits per heavy atom. The van der Waals surface area contributed by atoms with Gasteiger partial charge in [0.2, 0.25) is 0 Å². The largest absolute Gasteiger partial charge is 0.365 e. The highest BCUT2D eigenvalue weighted by atomic mass is 127. The van der Waals surface area contributed by atoms with Gasteiger partial charge in [-0.3, -0.25) is 0 Å². The molecule has 2 fully saturated rings. The van der Waals surface area contributed by atoms with Gasteiger partial charge >= 0.3 is 0 Å². The molecule has 162 valence electrons. The Labute approximate surface area is 196 Å². The standard InChI is InChI=1S/C25H37IO.OS/c1-16-12-18(3)21-15-27-24(20(21)13-16)14-19-6-5-10-25(4)22(7-8-23(19)25)17(2)9-11-26;1-2/h9,11,14,16-18,22-24H,5-8,10,12-13,15H2,1-4H3;/b11-9+,19-14+;/t16-,17+,18-,22+,23-,24?,25+;/m0./s1. The van der Waals surface area contributed by atoms with Crippen molar-refractivity contribution in [3.05, 3.63) is 33.0 Å². The highest BCUT2D eigenvalue weighted by Gasteiger charge is 2.50. The fraction of sp³-hybridized carbons (Fsp3) is 0.760. The van der Waals surface area contributed by atoms with Crippen molar-refractivity contribution in [2.24, 2.45) is 35.0 Å². The maximum atomic E-state index is 7.83. The van der Waals surface area contributed by atoms with E-state index in [1.807, 2.05) is 0 Å². The van der Waals surface area contributed by atoms with E-state index in [0.29, 0.717) is 11.3 Å². The molecule has 3 aliphatic carbocycles. The van der Waals surface area contributed by atoms with Gasteiger partial charge in [-0.25, -0.2) is 0 Å². The number of allylic oxidation sites excluding steroid dienone is 2. The number of rotatable bonds is 3. The quantitative estimate of drug-likeness (QED) is 0.288. The van der Waals surface area contributed by atoms with E-state index < -0.39 is 0 Å². The summed E-state index contributed by atoms with van der Waals surface area (Å²) >= 11 is 5.22. The van der Waals surface area contributed by atoms with Crippen LogP contribution in [0.4, 0.5) is 0 Å². The van der Waals surface area contributed by atoms with Crippen molar-refractivity contribution in [3.63, 3.8) is 0 Å². The van der Waals surface area contributed by atoms with Crippen molar-refractivity contribution in [2.45, 2.75) is 78.7 Å². The lowest BCUT2D eigenvalue weighted by molar-refractivity contribution is 0.108. The first kappa shape index (κ1) is 23.6. The molecule has 1 aliphatic heterocycles. The smallest absolute Gasteiger partial charge is 0.197 e. The number of hydrogen-bond donors (Lipinski definition) is 0. The third-order valence-electron chi connectivity index (χ3n) is 8.51. The van der Waals surface area contributed by atoms with Crippen molar-refractivity contribution < 1.29 is 8.95 Å². The van der Waals surface area contributed by atoms with Crippen LogP contribution in [0.15, 0.2) is 33.0 Å². The summed E-state index contributed by atoms with van der Waals surface area (Å²) in [6.45, 7) is 10.8. The fourth-order valence-electron chi connectivity index (χ4n) is 7.20. The van der Waals surface area contributed by atoms with Gasteiger partial charge < -0.3 is 4.74 Å². The van der Waals surface area contributed by atoms with E-state index in [4.69, 9.17) is 8.95 Å². The van der Waals surface area contributed by atoms with Gasteiger partial charge in [0.15, 0.2) is 12.5 Å². The average Bonchev–Trinajstić information content (AvgIpc) is 3.25. The summed E-state index contributed by atoms with van der Waals surface area (Å²) in [5.41, 5.74) is 5.51. The topological polar surface area (TPSA) is 26.3 Å². The lowest BCUT2D eigenvalue weighted by Crippen LogP contribution is -2.36. The van der Waals surface area contributed by atoms with Gasteiger partial charge in [0.25, 0.3) is 0 Å². The van der Waals surface area contributed by atoms with Gasteiger partial charge in [0.1, 0.15) is 0 Å². The van der Waals surface area contributed by atoms with Crippen molar-refractivity contribution >= 4 is 35.1 Å². The number of ether oxygens (including phenoxy) is 1. The SMILES string of the molecule is C[C@@H]1CC2=C(COC2/C=C2\CCC[C@]3(C)[C@@H]([C@H](C)/C=C/I)CC[C@@H]23)[C@@H](C)C1.O=S. The van der Waals surface area contributed by atoms with Crippen molar-refractivity contribution in [2.75, 3.05) is 6.61 Å². The zero-order chi connectivity index (χ0) is 21.2. The summed E-state index contributed by atoms with van der Waals surface area (Å²) in [7, 11) is 0. The molecule has 0 amide bonds. The fourth-order valence-corrected chi connectivity index (χ4v) is 7.86. The second-order valence-electron chi connectivity index (χ2n) is 10.2. The first-order chi connectivity index (χ1) is 13.9. The predicted octanol–water partition coefficient (Wildman–Crippen LogP) is 7.14. The van der Waals surface area contributed by atoms with Crippen molar-refractivity contribution in [3.8, 4) is 0 Å². The Bertz CT molecular complexity index is 684. The van der Waals surface area contributed by atoms with Crippen molar-refractivity contribution in [1.29, 1.82) is 0 Å². The molecular weight excluding hydrogens is 491 g/mol. The van der Waals surface area contributed by atoms with Crippen LogP contribution >= 0.6 is 22.6 Å². The maximum absolute atomic E-state index is 7.83. The average molecular weight is 529 g/mol. The van der Waals surface area contributed by atoms with E-state index in [0.717, 1.165) is 30.3 Å². The molecule has 0 spiro atoms. The molecule has 4 aliphatic rings. The monoisotopic (exact) mass is 528 g/mol. The Kier molecular flexibility index (Phi) is 8.16. The molecule has 0 aromatic rings. The van der Waals surface area contributed by atoms with E-state index in [2.05, 4.69) is 79.1 Å². The molecule has 0 aromatic carbocycles. The van der Waals surface area contributed by atoms with E-state index >= 15 is 0 Å². The second-order valence-corrected chi connectivity index (χ2v) is 11.0. The van der Waals surface area contributed by atoms with Crippen LogP contribution in [0.5, 0.6) is 0 Å². The minimum absolute atomic E-state index is 0.285. The van der Waals surface area contributed by atoms with Crippen molar-refractivity contribution in [1.82, 2.24) is 0 Å². The molecule has 2 saturated carbocycles. The summed E-state index contributed by atoms with van der Waals surface area (Å²) in [4.78, 5) is 0. The van der Waals surface area contributed by atoms with Gasteiger partial charge in [-0.15, -0.1) is 0 Å². The van der Waals surface area contributed by atoms with Crippen LogP contribution < -0.4 is 0 Å². The molecule has 4 rings (SSSR count). The van der Waals surface area contributed by atoms with Gasteiger partial charge in [0, 0.05) is 0 Å². The number of fused-ring (bicyclic) bond motifs is 1. The van der Waals surface area contributed by atoms with E-state index in [1.165, 1.54) is 44.9 Å². The van der Waals surface area contributed by atoms with Crippen LogP contribution in [0.3, 0.4) is 0 Å². The van der Waals surface area contributed by atoms with Crippen LogP contribution in [0, 0.1) is 35.0 Å².